The summed E-state index contributed by atoms with van der Waals surface area (Å²) in [6.45, 7) is 5.82. The number of alkyl halides is 3. The van der Waals surface area contributed by atoms with Crippen molar-refractivity contribution >= 4 is 42.6 Å². The minimum absolute atomic E-state index is 0.0109. The summed E-state index contributed by atoms with van der Waals surface area (Å²) in [5, 5.41) is 15.3. The number of amides is 1. The number of carboxylic acids is 1. The lowest BCUT2D eigenvalue weighted by molar-refractivity contribution is -0.150. The number of hydrogen-bond acceptors (Lipinski definition) is 10. The van der Waals surface area contributed by atoms with Gasteiger partial charge >= 0.3 is 19.7 Å². The molecule has 0 spiro atoms. The van der Waals surface area contributed by atoms with Gasteiger partial charge in [0.25, 0.3) is 5.91 Å². The van der Waals surface area contributed by atoms with E-state index in [-0.39, 0.29) is 60.7 Å². The molecule has 2 aromatic carbocycles. The number of halogens is 3. The van der Waals surface area contributed by atoms with E-state index in [1.807, 2.05) is 0 Å². The molecule has 5 rings (SSSR count). The molecule has 16 heteroatoms. The van der Waals surface area contributed by atoms with Crippen molar-refractivity contribution in [2.24, 2.45) is 5.41 Å². The molecule has 0 bridgehead atoms. The average Bonchev–Trinajstić information content (AvgIpc) is 3.36. The number of anilines is 4. The van der Waals surface area contributed by atoms with Crippen molar-refractivity contribution in [3.8, 4) is 5.75 Å². The quantitative estimate of drug-likeness (QED) is 0.147. The SMILES string of the molecule is CCOP(=O)(Cc1ccc(Nc2ncc(C(F)(F)F)c(Nc3ccc([C@H]4CC[C@@](C)(C(=O)O)CC4)c4c3C(=O)N(C)C4)n2)c(OC)c1)OCC. The fourth-order valence-electron chi connectivity index (χ4n) is 6.52. The van der Waals surface area contributed by atoms with Crippen LogP contribution >= 0.6 is 7.60 Å². The second-order valence-corrected chi connectivity index (χ2v) is 14.8. The number of carbonyl (C=O) groups is 2. The lowest BCUT2D eigenvalue weighted by Crippen LogP contribution is -2.32. The van der Waals surface area contributed by atoms with E-state index in [9.17, 15) is 32.4 Å². The van der Waals surface area contributed by atoms with Gasteiger partial charge in [0.2, 0.25) is 5.95 Å². The molecule has 3 aromatic rings. The number of benzene rings is 2. The number of carboxylic acid groups (broad SMARTS) is 1. The largest absolute Gasteiger partial charge is 0.495 e. The molecule has 2 aliphatic rings. The van der Waals surface area contributed by atoms with Crippen LogP contribution < -0.4 is 15.4 Å². The molecule has 1 aromatic heterocycles. The summed E-state index contributed by atoms with van der Waals surface area (Å²) < 4.78 is 72.0. The highest BCUT2D eigenvalue weighted by Gasteiger charge is 2.41. The molecule has 50 heavy (non-hydrogen) atoms. The minimum Gasteiger partial charge on any atom is -0.495 e. The van der Waals surface area contributed by atoms with Gasteiger partial charge in [-0.05, 0) is 87.3 Å². The predicted molar refractivity (Wildman–Crippen MR) is 180 cm³/mol. The standard InChI is InChI=1S/C34H41F3N5O7P/c1-6-48-50(46,49-7-2)19-20-8-10-25(27(16-20)47-5)40-32-38-17-24(34(35,36)37)29(41-32)39-26-11-9-22(23-18-42(4)30(43)28(23)26)21-12-14-33(3,15-13-21)31(44)45/h8-11,16-17,21H,6-7,12-15,18-19H2,1-5H3,(H,44,45)(H2,38,39,40,41)/t21-,33+. The third kappa shape index (κ3) is 7.74. The monoisotopic (exact) mass is 719 g/mol. The van der Waals surface area contributed by atoms with Gasteiger partial charge in [-0.3, -0.25) is 14.2 Å². The molecule has 1 aliphatic heterocycles. The molecule has 0 atom stereocenters. The summed E-state index contributed by atoms with van der Waals surface area (Å²) in [5.41, 5.74) is 0.985. The fraction of sp³-hybridized carbons (Fsp3) is 0.471. The van der Waals surface area contributed by atoms with E-state index in [4.69, 9.17) is 13.8 Å². The molecule has 1 amide bonds. The Balaban J connectivity index is 1.45. The number of methoxy groups -OCH3 is 1. The highest BCUT2D eigenvalue weighted by molar-refractivity contribution is 7.53. The van der Waals surface area contributed by atoms with Crippen molar-refractivity contribution in [2.45, 2.75) is 71.3 Å². The van der Waals surface area contributed by atoms with Gasteiger partial charge in [-0.2, -0.15) is 18.2 Å². The van der Waals surface area contributed by atoms with Gasteiger partial charge in [-0.25, -0.2) is 4.98 Å². The molecular weight excluding hydrogens is 678 g/mol. The third-order valence-electron chi connectivity index (χ3n) is 9.24. The van der Waals surface area contributed by atoms with Gasteiger partial charge in [0, 0.05) is 19.8 Å². The molecule has 1 aliphatic carbocycles. The van der Waals surface area contributed by atoms with Crippen LogP contribution in [0.2, 0.25) is 0 Å². The van der Waals surface area contributed by atoms with Gasteiger partial charge in [0.1, 0.15) is 17.1 Å². The molecule has 1 saturated carbocycles. The number of rotatable bonds is 13. The van der Waals surface area contributed by atoms with Crippen molar-refractivity contribution in [1.82, 2.24) is 14.9 Å². The van der Waals surface area contributed by atoms with Crippen molar-refractivity contribution in [3.63, 3.8) is 0 Å². The van der Waals surface area contributed by atoms with Crippen LogP contribution in [0.15, 0.2) is 36.5 Å². The normalized spacial score (nSPS) is 19.3. The first-order valence-corrected chi connectivity index (χ1v) is 18.0. The summed E-state index contributed by atoms with van der Waals surface area (Å²) in [6.07, 6.45) is -2.00. The van der Waals surface area contributed by atoms with E-state index < -0.39 is 36.5 Å². The highest BCUT2D eigenvalue weighted by atomic mass is 31.2. The zero-order chi connectivity index (χ0) is 36.4. The maximum atomic E-state index is 14.2. The van der Waals surface area contributed by atoms with Crippen molar-refractivity contribution in [3.05, 3.63) is 64.3 Å². The van der Waals surface area contributed by atoms with E-state index in [0.29, 0.717) is 48.7 Å². The smallest absolute Gasteiger partial charge is 0.421 e. The lowest BCUT2D eigenvalue weighted by atomic mass is 9.69. The lowest BCUT2D eigenvalue weighted by Gasteiger charge is -2.34. The van der Waals surface area contributed by atoms with Crippen LogP contribution in [0.3, 0.4) is 0 Å². The third-order valence-corrected chi connectivity index (χ3v) is 11.3. The number of nitrogens with one attached hydrogen (secondary N) is 2. The first-order chi connectivity index (χ1) is 23.6. The maximum Gasteiger partial charge on any atom is 0.421 e. The van der Waals surface area contributed by atoms with E-state index >= 15 is 0 Å². The number of hydrogen-bond donors (Lipinski definition) is 3. The zero-order valence-corrected chi connectivity index (χ0v) is 29.4. The number of aliphatic carboxylic acids is 1. The number of nitrogens with zero attached hydrogens (tertiary/aromatic N) is 3. The Bertz CT molecular complexity index is 1800. The minimum atomic E-state index is -4.82. The second kappa shape index (κ2) is 14.6. The Hall–Kier alpha value is -4.20. The molecule has 3 N–H and O–H groups in total. The van der Waals surface area contributed by atoms with Crippen LogP contribution in [0.5, 0.6) is 5.75 Å². The molecular formula is C34H41F3N5O7P. The Morgan fingerprint density at radius 1 is 1.10 bits per heavy atom. The van der Waals surface area contributed by atoms with Gasteiger partial charge in [-0.1, -0.05) is 12.1 Å². The van der Waals surface area contributed by atoms with Gasteiger partial charge < -0.3 is 34.4 Å². The molecule has 2 heterocycles. The number of carbonyl (C=O) groups excluding carboxylic acids is 1. The first-order valence-electron chi connectivity index (χ1n) is 16.3. The van der Waals surface area contributed by atoms with Crippen LogP contribution in [-0.4, -0.2) is 59.2 Å². The number of fused-ring (bicyclic) bond motifs is 1. The van der Waals surface area contributed by atoms with Crippen molar-refractivity contribution in [2.75, 3.05) is 38.0 Å². The van der Waals surface area contributed by atoms with Crippen LogP contribution in [0.25, 0.3) is 0 Å². The van der Waals surface area contributed by atoms with Crippen molar-refractivity contribution in [1.29, 1.82) is 0 Å². The average molecular weight is 720 g/mol. The molecule has 0 unspecified atom stereocenters. The molecule has 0 radical (unpaired) electrons. The summed E-state index contributed by atoms with van der Waals surface area (Å²) >= 11 is 0. The molecule has 1 fully saturated rings. The zero-order valence-electron chi connectivity index (χ0n) is 28.5. The Morgan fingerprint density at radius 2 is 1.76 bits per heavy atom. The highest BCUT2D eigenvalue weighted by Crippen LogP contribution is 2.52. The predicted octanol–water partition coefficient (Wildman–Crippen LogP) is 8.09. The number of aromatic nitrogens is 2. The summed E-state index contributed by atoms with van der Waals surface area (Å²) in [4.78, 5) is 34.7. The van der Waals surface area contributed by atoms with E-state index in [1.54, 1.807) is 58.2 Å². The summed E-state index contributed by atoms with van der Waals surface area (Å²) in [7, 11) is -0.382. The first kappa shape index (κ1) is 37.1. The van der Waals surface area contributed by atoms with Crippen LogP contribution in [0, 0.1) is 5.41 Å². The van der Waals surface area contributed by atoms with E-state index in [2.05, 4.69) is 20.6 Å². The van der Waals surface area contributed by atoms with Crippen LogP contribution in [-0.2, 0) is 37.3 Å². The molecule has 12 nitrogen and oxygen atoms in total. The van der Waals surface area contributed by atoms with E-state index in [1.165, 1.54) is 12.0 Å². The van der Waals surface area contributed by atoms with Gasteiger partial charge in [0.15, 0.2) is 0 Å². The number of ether oxygens (including phenoxy) is 1. The summed E-state index contributed by atoms with van der Waals surface area (Å²) in [6, 6.07) is 8.24. The Labute approximate surface area is 288 Å². The van der Waals surface area contributed by atoms with E-state index in [0.717, 1.165) is 5.56 Å². The fourth-order valence-corrected chi connectivity index (χ4v) is 8.21. The summed E-state index contributed by atoms with van der Waals surface area (Å²) in [5.74, 6) is -1.63. The van der Waals surface area contributed by atoms with Gasteiger partial charge in [-0.15, -0.1) is 0 Å². The second-order valence-electron chi connectivity index (χ2n) is 12.7. The Morgan fingerprint density at radius 3 is 2.36 bits per heavy atom. The Kier molecular flexibility index (Phi) is 10.8. The van der Waals surface area contributed by atoms with Gasteiger partial charge in [0.05, 0.1) is 48.8 Å². The topological polar surface area (TPSA) is 152 Å². The van der Waals surface area contributed by atoms with Crippen molar-refractivity contribution < 1.29 is 46.2 Å². The molecule has 270 valence electrons. The molecule has 0 saturated heterocycles. The van der Waals surface area contributed by atoms with Crippen LogP contribution in [0.4, 0.5) is 36.3 Å². The maximum absolute atomic E-state index is 14.2. The van der Waals surface area contributed by atoms with Crippen LogP contribution in [0.1, 0.15) is 85.0 Å².